The van der Waals surface area contributed by atoms with E-state index >= 15 is 0 Å². The summed E-state index contributed by atoms with van der Waals surface area (Å²) < 4.78 is 5.71. The van der Waals surface area contributed by atoms with Gasteiger partial charge in [-0.2, -0.15) is 0 Å². The molecule has 0 N–H and O–H groups in total. The highest BCUT2D eigenvalue weighted by Gasteiger charge is 2.22. The van der Waals surface area contributed by atoms with Gasteiger partial charge in [-0.25, -0.2) is 0 Å². The molecule has 1 aliphatic rings. The van der Waals surface area contributed by atoms with E-state index in [0.717, 1.165) is 24.5 Å². The summed E-state index contributed by atoms with van der Waals surface area (Å²) in [6, 6.07) is 6.77. The van der Waals surface area contributed by atoms with Gasteiger partial charge in [0.2, 0.25) is 0 Å². The van der Waals surface area contributed by atoms with Crippen LogP contribution in [0.1, 0.15) is 56.6 Å². The fourth-order valence-electron chi connectivity index (χ4n) is 2.41. The number of halogens is 1. The highest BCUT2D eigenvalue weighted by molar-refractivity contribution is 6.17. The smallest absolute Gasteiger partial charge is 0.162 e. The summed E-state index contributed by atoms with van der Waals surface area (Å²) >= 11 is 5.78. The van der Waals surface area contributed by atoms with Gasteiger partial charge in [-0.15, -0.1) is 0 Å². The zero-order valence-corrected chi connectivity index (χ0v) is 12.2. The lowest BCUT2D eigenvalue weighted by Crippen LogP contribution is -2.03. The number of hydrogen-bond acceptors (Lipinski definition) is 1. The molecular formula is C16H23ClO. The zero-order valence-electron chi connectivity index (χ0n) is 11.4. The lowest BCUT2D eigenvalue weighted by Gasteiger charge is -2.18. The van der Waals surface area contributed by atoms with E-state index < -0.39 is 0 Å². The van der Waals surface area contributed by atoms with Gasteiger partial charge in [0.1, 0.15) is 5.75 Å². The number of aryl methyl sites for hydroxylation is 1. The molecule has 0 aromatic heterocycles. The van der Waals surface area contributed by atoms with Crippen molar-refractivity contribution in [1.82, 2.24) is 0 Å². The summed E-state index contributed by atoms with van der Waals surface area (Å²) in [4.78, 5) is 0. The van der Waals surface area contributed by atoms with Gasteiger partial charge in [0.05, 0.1) is 0 Å². The van der Waals surface area contributed by atoms with Crippen LogP contribution in [0, 0.1) is 5.92 Å². The molecule has 100 valence electrons. The van der Waals surface area contributed by atoms with Crippen LogP contribution in [0.2, 0.25) is 0 Å². The first-order chi connectivity index (χ1) is 8.76. The number of alkyl halides is 1. The first-order valence-corrected chi connectivity index (χ1v) is 7.60. The molecule has 0 aliphatic heterocycles. The summed E-state index contributed by atoms with van der Waals surface area (Å²) in [5.74, 6) is 2.53. The Kier molecular flexibility index (Phi) is 4.94. The van der Waals surface area contributed by atoms with Crippen molar-refractivity contribution in [3.05, 3.63) is 29.3 Å². The molecule has 1 aromatic carbocycles. The Hall–Kier alpha value is -0.690. The summed E-state index contributed by atoms with van der Waals surface area (Å²) in [7, 11) is 0. The van der Waals surface area contributed by atoms with Crippen molar-refractivity contribution in [1.29, 1.82) is 0 Å². The summed E-state index contributed by atoms with van der Waals surface area (Å²) in [6.45, 7) is 4.47. The van der Waals surface area contributed by atoms with Gasteiger partial charge in [0.25, 0.3) is 0 Å². The molecule has 1 unspecified atom stereocenters. The number of benzene rings is 1. The lowest BCUT2D eigenvalue weighted by atomic mass is 9.93. The van der Waals surface area contributed by atoms with Crippen molar-refractivity contribution in [2.24, 2.45) is 5.92 Å². The van der Waals surface area contributed by atoms with Gasteiger partial charge in [0, 0.05) is 0 Å². The van der Waals surface area contributed by atoms with E-state index in [9.17, 15) is 0 Å². The molecule has 0 heterocycles. The third-order valence-electron chi connectivity index (χ3n) is 3.99. The van der Waals surface area contributed by atoms with Crippen LogP contribution >= 0.6 is 11.6 Å². The van der Waals surface area contributed by atoms with Gasteiger partial charge < -0.3 is 4.74 Å². The minimum Gasteiger partial charge on any atom is -0.477 e. The fourth-order valence-corrected chi connectivity index (χ4v) is 2.52. The summed E-state index contributed by atoms with van der Waals surface area (Å²) in [5.41, 5.74) is 2.65. The molecular weight excluding hydrogens is 244 g/mol. The molecule has 1 saturated carbocycles. The fraction of sp³-hybridized carbons (Fsp3) is 0.625. The zero-order chi connectivity index (χ0) is 13.0. The minimum atomic E-state index is 0.240. The maximum atomic E-state index is 5.78. The number of hydrogen-bond donors (Lipinski definition) is 0. The molecule has 0 saturated heterocycles. The SMILES string of the molecule is CCC(C)c1cccc(CCC2CC2)c1OCCl. The maximum absolute atomic E-state index is 5.78. The molecule has 18 heavy (non-hydrogen) atoms. The third kappa shape index (κ3) is 3.41. The molecule has 1 aliphatic carbocycles. The normalized spacial score (nSPS) is 16.6. The van der Waals surface area contributed by atoms with Crippen LogP contribution in [0.4, 0.5) is 0 Å². The Morgan fingerprint density at radius 2 is 2.17 bits per heavy atom. The Labute approximate surface area is 115 Å². The monoisotopic (exact) mass is 266 g/mol. The largest absolute Gasteiger partial charge is 0.477 e. The summed E-state index contributed by atoms with van der Waals surface area (Å²) in [5, 5.41) is 0. The van der Waals surface area contributed by atoms with Crippen LogP contribution in [0.5, 0.6) is 5.75 Å². The van der Waals surface area contributed by atoms with Crippen molar-refractivity contribution < 1.29 is 4.74 Å². The average Bonchev–Trinajstić information content (AvgIpc) is 3.21. The first-order valence-electron chi connectivity index (χ1n) is 7.06. The summed E-state index contributed by atoms with van der Waals surface area (Å²) in [6.07, 6.45) is 6.38. The van der Waals surface area contributed by atoms with Crippen LogP contribution in [-0.4, -0.2) is 6.07 Å². The van der Waals surface area contributed by atoms with Gasteiger partial charge in [0.15, 0.2) is 6.07 Å². The van der Waals surface area contributed by atoms with Crippen LogP contribution in [0.15, 0.2) is 18.2 Å². The highest BCUT2D eigenvalue weighted by atomic mass is 35.5. The number of rotatable bonds is 7. The molecule has 1 fully saturated rings. The predicted octanol–water partition coefficient (Wildman–Crippen LogP) is 5.12. The van der Waals surface area contributed by atoms with Crippen LogP contribution in [-0.2, 0) is 6.42 Å². The lowest BCUT2D eigenvalue weighted by molar-refractivity contribution is 0.375. The van der Waals surface area contributed by atoms with E-state index in [1.54, 1.807) is 0 Å². The molecule has 2 rings (SSSR count). The Balaban J connectivity index is 2.19. The van der Waals surface area contributed by atoms with Crippen LogP contribution < -0.4 is 4.74 Å². The second-order valence-corrected chi connectivity index (χ2v) is 5.60. The standard InChI is InChI=1S/C16H23ClO/c1-3-12(2)15-6-4-5-14(16(15)18-11-17)10-9-13-7-8-13/h4-6,12-13H,3,7-11H2,1-2H3. The van der Waals surface area contributed by atoms with Crippen molar-refractivity contribution in [3.63, 3.8) is 0 Å². The second-order valence-electron chi connectivity index (χ2n) is 5.38. The van der Waals surface area contributed by atoms with Crippen LogP contribution in [0.25, 0.3) is 0 Å². The molecule has 0 amide bonds. The Morgan fingerprint density at radius 3 is 2.78 bits per heavy atom. The molecule has 1 atom stereocenters. The van der Waals surface area contributed by atoms with Crippen molar-refractivity contribution in [3.8, 4) is 5.75 Å². The third-order valence-corrected chi connectivity index (χ3v) is 4.10. The van der Waals surface area contributed by atoms with Crippen molar-refractivity contribution >= 4 is 11.6 Å². The van der Waals surface area contributed by atoms with E-state index in [4.69, 9.17) is 16.3 Å². The van der Waals surface area contributed by atoms with E-state index in [0.29, 0.717) is 5.92 Å². The average molecular weight is 267 g/mol. The van der Waals surface area contributed by atoms with Gasteiger partial charge >= 0.3 is 0 Å². The van der Waals surface area contributed by atoms with Gasteiger partial charge in [-0.3, -0.25) is 0 Å². The molecule has 0 spiro atoms. The second kappa shape index (κ2) is 6.47. The molecule has 2 heteroatoms. The van der Waals surface area contributed by atoms with Crippen LogP contribution in [0.3, 0.4) is 0 Å². The van der Waals surface area contributed by atoms with Crippen molar-refractivity contribution in [2.75, 3.05) is 6.07 Å². The Morgan fingerprint density at radius 1 is 1.39 bits per heavy atom. The topological polar surface area (TPSA) is 9.23 Å². The minimum absolute atomic E-state index is 0.240. The number of para-hydroxylation sites is 1. The van der Waals surface area contributed by atoms with E-state index in [1.165, 1.54) is 30.4 Å². The molecule has 1 nitrogen and oxygen atoms in total. The van der Waals surface area contributed by atoms with Gasteiger partial charge in [-0.1, -0.05) is 56.5 Å². The first kappa shape index (κ1) is 13.7. The molecule has 0 radical (unpaired) electrons. The maximum Gasteiger partial charge on any atom is 0.162 e. The predicted molar refractivity (Wildman–Crippen MR) is 77.5 cm³/mol. The quantitative estimate of drug-likeness (QED) is 0.623. The molecule has 0 bridgehead atoms. The van der Waals surface area contributed by atoms with E-state index in [1.807, 2.05) is 0 Å². The highest BCUT2D eigenvalue weighted by Crippen LogP contribution is 2.37. The Bertz CT molecular complexity index is 385. The van der Waals surface area contributed by atoms with Gasteiger partial charge in [-0.05, 0) is 42.2 Å². The van der Waals surface area contributed by atoms with E-state index in [2.05, 4.69) is 32.0 Å². The number of ether oxygens (including phenoxy) is 1. The molecule has 1 aromatic rings. The van der Waals surface area contributed by atoms with Crippen molar-refractivity contribution in [2.45, 2.75) is 51.9 Å². The van der Waals surface area contributed by atoms with E-state index in [-0.39, 0.29) is 6.07 Å².